The molecule has 0 spiro atoms. The van der Waals surface area contributed by atoms with Gasteiger partial charge in [-0.3, -0.25) is 9.89 Å². The van der Waals surface area contributed by atoms with Crippen LogP contribution in [0, 0.1) is 5.82 Å². The number of benzene rings is 1. The van der Waals surface area contributed by atoms with Gasteiger partial charge in [0, 0.05) is 25.2 Å². The van der Waals surface area contributed by atoms with Crippen molar-refractivity contribution in [3.05, 3.63) is 41.8 Å². The lowest BCUT2D eigenvalue weighted by Crippen LogP contribution is -2.37. The second-order valence-electron chi connectivity index (χ2n) is 6.35. The number of hydrogen-bond acceptors (Lipinski definition) is 4. The van der Waals surface area contributed by atoms with Crippen molar-refractivity contribution in [1.29, 1.82) is 0 Å². The summed E-state index contributed by atoms with van der Waals surface area (Å²) in [4.78, 5) is 14.7. The highest BCUT2D eigenvalue weighted by atomic mass is 19.1. The highest BCUT2D eigenvalue weighted by Crippen LogP contribution is 2.21. The molecule has 6 nitrogen and oxygen atoms in total. The Kier molecular flexibility index (Phi) is 5.78. The van der Waals surface area contributed by atoms with Gasteiger partial charge in [-0.1, -0.05) is 0 Å². The van der Waals surface area contributed by atoms with E-state index in [4.69, 9.17) is 0 Å². The molecule has 2 aromatic rings. The zero-order valence-electron chi connectivity index (χ0n) is 14.0. The first-order valence-electron chi connectivity index (χ1n) is 8.61. The van der Waals surface area contributed by atoms with E-state index < -0.39 is 0 Å². The third-order valence-electron chi connectivity index (χ3n) is 4.51. The summed E-state index contributed by atoms with van der Waals surface area (Å²) in [5.41, 5.74) is 1.76. The van der Waals surface area contributed by atoms with Crippen molar-refractivity contribution in [2.45, 2.75) is 25.4 Å². The second-order valence-corrected chi connectivity index (χ2v) is 6.35. The SMILES string of the molecule is O=C(NCCCN1CCC(O)CC1)c1cn[nH]c1-c1ccc(F)cc1. The third kappa shape index (κ3) is 4.64. The van der Waals surface area contributed by atoms with Gasteiger partial charge in [0.15, 0.2) is 0 Å². The summed E-state index contributed by atoms with van der Waals surface area (Å²) in [6, 6.07) is 5.94. The van der Waals surface area contributed by atoms with Crippen LogP contribution < -0.4 is 5.32 Å². The molecule has 0 unspecified atom stereocenters. The molecule has 1 fully saturated rings. The van der Waals surface area contributed by atoms with E-state index in [0.717, 1.165) is 44.5 Å². The van der Waals surface area contributed by atoms with E-state index in [0.29, 0.717) is 17.8 Å². The van der Waals surface area contributed by atoms with E-state index in [9.17, 15) is 14.3 Å². The van der Waals surface area contributed by atoms with E-state index >= 15 is 0 Å². The van der Waals surface area contributed by atoms with Gasteiger partial charge in [0.2, 0.25) is 0 Å². The maximum Gasteiger partial charge on any atom is 0.255 e. The number of nitrogens with zero attached hydrogens (tertiary/aromatic N) is 2. The highest BCUT2D eigenvalue weighted by molar-refractivity contribution is 5.99. The number of rotatable bonds is 6. The number of aromatic nitrogens is 2. The molecule has 1 aliphatic heterocycles. The summed E-state index contributed by atoms with van der Waals surface area (Å²) >= 11 is 0. The van der Waals surface area contributed by atoms with Crippen molar-refractivity contribution < 1.29 is 14.3 Å². The second kappa shape index (κ2) is 8.22. The Morgan fingerprint density at radius 1 is 1.32 bits per heavy atom. The van der Waals surface area contributed by atoms with Gasteiger partial charge >= 0.3 is 0 Å². The number of piperidine rings is 1. The normalized spacial score (nSPS) is 16.1. The quantitative estimate of drug-likeness (QED) is 0.697. The summed E-state index contributed by atoms with van der Waals surface area (Å²) in [5, 5.41) is 19.1. The molecule has 0 aliphatic carbocycles. The molecule has 3 rings (SSSR count). The standard InChI is InChI=1S/C18H23FN4O2/c19-14-4-2-13(3-5-14)17-16(12-21-22-17)18(25)20-8-1-9-23-10-6-15(24)7-11-23/h2-5,12,15,24H,1,6-11H2,(H,20,25)(H,21,22). The number of carbonyl (C=O) groups excluding carboxylic acids is 1. The fraction of sp³-hybridized carbons (Fsp3) is 0.444. The molecule has 1 amide bonds. The zero-order chi connectivity index (χ0) is 17.6. The maximum atomic E-state index is 13.0. The Labute approximate surface area is 146 Å². The molecule has 0 radical (unpaired) electrons. The van der Waals surface area contributed by atoms with Gasteiger partial charge in [-0.2, -0.15) is 5.10 Å². The van der Waals surface area contributed by atoms with E-state index in [-0.39, 0.29) is 17.8 Å². The van der Waals surface area contributed by atoms with Gasteiger partial charge in [-0.25, -0.2) is 4.39 Å². The molecule has 2 heterocycles. The van der Waals surface area contributed by atoms with Gasteiger partial charge < -0.3 is 15.3 Å². The number of likely N-dealkylation sites (tertiary alicyclic amines) is 1. The number of H-pyrrole nitrogens is 1. The van der Waals surface area contributed by atoms with Crippen LogP contribution in [-0.2, 0) is 0 Å². The fourth-order valence-corrected chi connectivity index (χ4v) is 3.04. The van der Waals surface area contributed by atoms with Crippen LogP contribution in [0.4, 0.5) is 4.39 Å². The number of halogens is 1. The summed E-state index contributed by atoms with van der Waals surface area (Å²) in [7, 11) is 0. The first-order chi connectivity index (χ1) is 12.1. The smallest absolute Gasteiger partial charge is 0.255 e. The van der Waals surface area contributed by atoms with Crippen molar-refractivity contribution in [3.63, 3.8) is 0 Å². The Hall–Kier alpha value is -2.25. The van der Waals surface area contributed by atoms with E-state index in [1.807, 2.05) is 0 Å². The molecule has 1 aromatic heterocycles. The number of carbonyl (C=O) groups is 1. The summed E-state index contributed by atoms with van der Waals surface area (Å²) in [6.07, 6.45) is 3.82. The van der Waals surface area contributed by atoms with E-state index in [1.54, 1.807) is 12.1 Å². The molecule has 0 saturated carbocycles. The first-order valence-corrected chi connectivity index (χ1v) is 8.61. The zero-order valence-corrected chi connectivity index (χ0v) is 14.0. The average Bonchev–Trinajstić information content (AvgIpc) is 3.10. The van der Waals surface area contributed by atoms with Gasteiger partial charge in [0.25, 0.3) is 5.91 Å². The molecule has 7 heteroatoms. The number of aliphatic hydroxyl groups is 1. The van der Waals surface area contributed by atoms with Crippen LogP contribution in [0.2, 0.25) is 0 Å². The number of hydrogen-bond donors (Lipinski definition) is 3. The average molecular weight is 346 g/mol. The van der Waals surface area contributed by atoms with E-state index in [2.05, 4.69) is 20.4 Å². The number of aromatic amines is 1. The molecule has 1 aliphatic rings. The van der Waals surface area contributed by atoms with Crippen molar-refractivity contribution >= 4 is 5.91 Å². The highest BCUT2D eigenvalue weighted by Gasteiger charge is 2.17. The molecule has 0 bridgehead atoms. The van der Waals surface area contributed by atoms with Crippen LogP contribution in [-0.4, -0.2) is 58.4 Å². The van der Waals surface area contributed by atoms with Crippen LogP contribution in [0.15, 0.2) is 30.5 Å². The van der Waals surface area contributed by atoms with Gasteiger partial charge in [-0.05, 0) is 50.1 Å². The Morgan fingerprint density at radius 3 is 2.76 bits per heavy atom. The Bertz CT molecular complexity index is 693. The fourth-order valence-electron chi connectivity index (χ4n) is 3.04. The van der Waals surface area contributed by atoms with E-state index in [1.165, 1.54) is 18.3 Å². The minimum atomic E-state index is -0.320. The molecular formula is C18H23FN4O2. The summed E-state index contributed by atoms with van der Waals surface area (Å²) in [5.74, 6) is -0.512. The Balaban J connectivity index is 1.49. The minimum Gasteiger partial charge on any atom is -0.393 e. The lowest BCUT2D eigenvalue weighted by Gasteiger charge is -2.29. The van der Waals surface area contributed by atoms with Crippen LogP contribution >= 0.6 is 0 Å². The lowest BCUT2D eigenvalue weighted by atomic mass is 10.1. The van der Waals surface area contributed by atoms with Gasteiger partial charge in [0.1, 0.15) is 5.82 Å². The predicted octanol–water partition coefficient (Wildman–Crippen LogP) is 1.79. The molecule has 3 N–H and O–H groups in total. The topological polar surface area (TPSA) is 81.2 Å². The van der Waals surface area contributed by atoms with Crippen molar-refractivity contribution in [3.8, 4) is 11.3 Å². The largest absolute Gasteiger partial charge is 0.393 e. The summed E-state index contributed by atoms with van der Waals surface area (Å²) in [6.45, 7) is 3.30. The molecule has 134 valence electrons. The van der Waals surface area contributed by atoms with Gasteiger partial charge in [0.05, 0.1) is 23.6 Å². The Morgan fingerprint density at radius 2 is 2.04 bits per heavy atom. The summed E-state index contributed by atoms with van der Waals surface area (Å²) < 4.78 is 13.0. The predicted molar refractivity (Wildman–Crippen MR) is 92.6 cm³/mol. The molecule has 25 heavy (non-hydrogen) atoms. The molecule has 0 atom stereocenters. The van der Waals surface area contributed by atoms with Crippen LogP contribution in [0.5, 0.6) is 0 Å². The van der Waals surface area contributed by atoms with Crippen LogP contribution in [0.25, 0.3) is 11.3 Å². The first kappa shape index (κ1) is 17.6. The minimum absolute atomic E-state index is 0.165. The number of amides is 1. The van der Waals surface area contributed by atoms with Crippen LogP contribution in [0.1, 0.15) is 29.6 Å². The third-order valence-corrected chi connectivity index (χ3v) is 4.51. The molecule has 1 saturated heterocycles. The monoisotopic (exact) mass is 346 g/mol. The molecular weight excluding hydrogens is 323 g/mol. The number of nitrogens with one attached hydrogen (secondary N) is 2. The van der Waals surface area contributed by atoms with Crippen molar-refractivity contribution in [2.75, 3.05) is 26.2 Å². The molecule has 1 aromatic carbocycles. The van der Waals surface area contributed by atoms with Crippen molar-refractivity contribution in [2.24, 2.45) is 0 Å². The lowest BCUT2D eigenvalue weighted by molar-refractivity contribution is 0.0816. The maximum absolute atomic E-state index is 13.0. The van der Waals surface area contributed by atoms with Crippen molar-refractivity contribution in [1.82, 2.24) is 20.4 Å². The number of aliphatic hydroxyl groups excluding tert-OH is 1. The van der Waals surface area contributed by atoms with Gasteiger partial charge in [-0.15, -0.1) is 0 Å². The van der Waals surface area contributed by atoms with Crippen LogP contribution in [0.3, 0.4) is 0 Å².